The zero-order chi connectivity index (χ0) is 12.3. The van der Waals surface area contributed by atoms with E-state index in [0.717, 1.165) is 13.0 Å². The molecule has 1 aromatic heterocycles. The number of hydrogen-bond donors (Lipinski definition) is 1. The van der Waals surface area contributed by atoms with Crippen molar-refractivity contribution in [3.8, 4) is 0 Å². The minimum Gasteiger partial charge on any atom is -0.330 e. The largest absolute Gasteiger partial charge is 0.330 e. The first kappa shape index (κ1) is 13.0. The summed E-state index contributed by atoms with van der Waals surface area (Å²) in [7, 11) is 2.20. The molecule has 0 aromatic carbocycles. The van der Waals surface area contributed by atoms with Crippen LogP contribution in [0.3, 0.4) is 0 Å². The Kier molecular flexibility index (Phi) is 4.54. The van der Waals surface area contributed by atoms with Crippen LogP contribution in [0.2, 0.25) is 0 Å². The number of thiazole rings is 1. The Balaban J connectivity index is 1.93. The number of nitrogens with two attached hydrogens (primary N) is 1. The summed E-state index contributed by atoms with van der Waals surface area (Å²) < 4.78 is 0. The molecule has 0 bridgehead atoms. The van der Waals surface area contributed by atoms with Gasteiger partial charge in [0.25, 0.3) is 0 Å². The molecule has 1 aliphatic rings. The zero-order valence-electron chi connectivity index (χ0n) is 10.9. The Morgan fingerprint density at radius 3 is 2.88 bits per heavy atom. The lowest BCUT2D eigenvalue weighted by molar-refractivity contribution is 0.255. The normalized spacial score (nSPS) is 20.6. The maximum absolute atomic E-state index is 5.65. The first-order valence-electron chi connectivity index (χ1n) is 6.52. The van der Waals surface area contributed by atoms with Crippen LogP contribution in [-0.2, 0) is 6.42 Å². The van der Waals surface area contributed by atoms with E-state index in [0.29, 0.717) is 11.8 Å². The molecule has 3 nitrogen and oxygen atoms in total. The summed E-state index contributed by atoms with van der Waals surface area (Å²) in [5.41, 5.74) is 6.89. The van der Waals surface area contributed by atoms with Crippen LogP contribution in [0, 0.1) is 5.92 Å². The molecule has 2 rings (SSSR count). The molecule has 2 heterocycles. The van der Waals surface area contributed by atoms with Gasteiger partial charge in [0.2, 0.25) is 0 Å². The van der Waals surface area contributed by atoms with Crippen molar-refractivity contribution in [2.24, 2.45) is 11.7 Å². The summed E-state index contributed by atoms with van der Waals surface area (Å²) >= 11 is 1.84. The summed E-state index contributed by atoms with van der Waals surface area (Å²) in [6.07, 6.45) is 3.55. The SMILES string of the molecule is CC(CN)Cc1csc(C2CCN(C)CC2)n1. The first-order valence-corrected chi connectivity index (χ1v) is 7.40. The molecule has 0 radical (unpaired) electrons. The second kappa shape index (κ2) is 5.94. The molecule has 4 heteroatoms. The van der Waals surface area contributed by atoms with Gasteiger partial charge in [-0.25, -0.2) is 4.98 Å². The van der Waals surface area contributed by atoms with Gasteiger partial charge in [0.05, 0.1) is 10.7 Å². The van der Waals surface area contributed by atoms with E-state index in [9.17, 15) is 0 Å². The second-order valence-corrected chi connectivity index (χ2v) is 6.19. The monoisotopic (exact) mass is 253 g/mol. The second-order valence-electron chi connectivity index (χ2n) is 5.30. The lowest BCUT2D eigenvalue weighted by Gasteiger charge is -2.27. The topological polar surface area (TPSA) is 42.1 Å². The van der Waals surface area contributed by atoms with Crippen LogP contribution in [0.5, 0.6) is 0 Å². The van der Waals surface area contributed by atoms with Gasteiger partial charge in [-0.3, -0.25) is 0 Å². The van der Waals surface area contributed by atoms with E-state index in [4.69, 9.17) is 10.7 Å². The van der Waals surface area contributed by atoms with Crippen molar-refractivity contribution in [3.05, 3.63) is 16.1 Å². The van der Waals surface area contributed by atoms with Crippen molar-refractivity contribution < 1.29 is 0 Å². The molecule has 96 valence electrons. The van der Waals surface area contributed by atoms with Crippen LogP contribution in [0.25, 0.3) is 0 Å². The fraction of sp³-hybridized carbons (Fsp3) is 0.769. The number of rotatable bonds is 4. The van der Waals surface area contributed by atoms with E-state index < -0.39 is 0 Å². The molecule has 1 unspecified atom stereocenters. The number of nitrogens with zero attached hydrogens (tertiary/aromatic N) is 2. The molecule has 0 spiro atoms. The zero-order valence-corrected chi connectivity index (χ0v) is 11.7. The highest BCUT2D eigenvalue weighted by Gasteiger charge is 2.21. The number of hydrogen-bond acceptors (Lipinski definition) is 4. The predicted octanol–water partition coefficient (Wildman–Crippen LogP) is 2.09. The van der Waals surface area contributed by atoms with Crippen LogP contribution in [0.1, 0.15) is 36.4 Å². The van der Waals surface area contributed by atoms with E-state index in [-0.39, 0.29) is 0 Å². The van der Waals surface area contributed by atoms with E-state index >= 15 is 0 Å². The molecule has 1 atom stereocenters. The van der Waals surface area contributed by atoms with E-state index in [1.807, 2.05) is 11.3 Å². The van der Waals surface area contributed by atoms with Crippen molar-refractivity contribution in [1.29, 1.82) is 0 Å². The molecule has 0 saturated carbocycles. The van der Waals surface area contributed by atoms with Crippen molar-refractivity contribution in [3.63, 3.8) is 0 Å². The van der Waals surface area contributed by atoms with Crippen LogP contribution < -0.4 is 5.73 Å². The van der Waals surface area contributed by atoms with Gasteiger partial charge in [0.1, 0.15) is 0 Å². The van der Waals surface area contributed by atoms with Crippen LogP contribution >= 0.6 is 11.3 Å². The van der Waals surface area contributed by atoms with Crippen LogP contribution in [-0.4, -0.2) is 36.6 Å². The molecule has 1 fully saturated rings. The van der Waals surface area contributed by atoms with Gasteiger partial charge < -0.3 is 10.6 Å². The number of likely N-dealkylation sites (tertiary alicyclic amines) is 1. The third kappa shape index (κ3) is 3.50. The smallest absolute Gasteiger partial charge is 0.0960 e. The van der Waals surface area contributed by atoms with E-state index in [1.54, 1.807) is 0 Å². The predicted molar refractivity (Wildman–Crippen MR) is 73.5 cm³/mol. The average molecular weight is 253 g/mol. The molecule has 0 amide bonds. The molecule has 1 aromatic rings. The Bertz CT molecular complexity index is 342. The number of aromatic nitrogens is 1. The van der Waals surface area contributed by atoms with Crippen molar-refractivity contribution in [2.75, 3.05) is 26.7 Å². The fourth-order valence-electron chi connectivity index (χ4n) is 2.30. The van der Waals surface area contributed by atoms with Gasteiger partial charge in [-0.2, -0.15) is 0 Å². The fourth-order valence-corrected chi connectivity index (χ4v) is 3.30. The van der Waals surface area contributed by atoms with Gasteiger partial charge in [0.15, 0.2) is 0 Å². The average Bonchev–Trinajstić information content (AvgIpc) is 2.78. The third-order valence-corrected chi connectivity index (χ3v) is 4.65. The Morgan fingerprint density at radius 2 is 2.24 bits per heavy atom. The van der Waals surface area contributed by atoms with E-state index in [1.165, 1.54) is 36.6 Å². The minimum atomic E-state index is 0.544. The molecular formula is C13H23N3S. The first-order chi connectivity index (χ1) is 8.19. The summed E-state index contributed by atoms with van der Waals surface area (Å²) in [5, 5.41) is 3.57. The highest BCUT2D eigenvalue weighted by molar-refractivity contribution is 7.09. The molecule has 0 aliphatic carbocycles. The molecule has 1 saturated heterocycles. The molecular weight excluding hydrogens is 230 g/mol. The van der Waals surface area contributed by atoms with Gasteiger partial charge in [-0.15, -0.1) is 11.3 Å². The Labute approximate surface area is 108 Å². The van der Waals surface area contributed by atoms with Gasteiger partial charge in [-0.1, -0.05) is 6.92 Å². The summed E-state index contributed by atoms with van der Waals surface area (Å²) in [6.45, 7) is 5.35. The highest BCUT2D eigenvalue weighted by atomic mass is 32.1. The summed E-state index contributed by atoms with van der Waals surface area (Å²) in [4.78, 5) is 7.20. The molecule has 1 aliphatic heterocycles. The number of piperidine rings is 1. The third-order valence-electron chi connectivity index (χ3n) is 3.60. The quantitative estimate of drug-likeness (QED) is 0.893. The highest BCUT2D eigenvalue weighted by Crippen LogP contribution is 2.30. The van der Waals surface area contributed by atoms with Crippen molar-refractivity contribution in [1.82, 2.24) is 9.88 Å². The maximum Gasteiger partial charge on any atom is 0.0960 e. The van der Waals surface area contributed by atoms with Gasteiger partial charge >= 0.3 is 0 Å². The van der Waals surface area contributed by atoms with Crippen LogP contribution in [0.15, 0.2) is 5.38 Å². The lowest BCUT2D eigenvalue weighted by Crippen LogP contribution is -2.29. The van der Waals surface area contributed by atoms with Crippen molar-refractivity contribution >= 4 is 11.3 Å². The Morgan fingerprint density at radius 1 is 1.53 bits per heavy atom. The van der Waals surface area contributed by atoms with Gasteiger partial charge in [0, 0.05) is 11.3 Å². The summed E-state index contributed by atoms with van der Waals surface area (Å²) in [5.74, 6) is 1.24. The standard InChI is InChI=1S/C13H23N3S/c1-10(8-14)7-12-9-17-13(15-12)11-3-5-16(2)6-4-11/h9-11H,3-8,14H2,1-2H3. The lowest BCUT2D eigenvalue weighted by atomic mass is 9.98. The van der Waals surface area contributed by atoms with Gasteiger partial charge in [-0.05, 0) is 51.9 Å². The van der Waals surface area contributed by atoms with Crippen molar-refractivity contribution in [2.45, 2.75) is 32.1 Å². The van der Waals surface area contributed by atoms with Crippen LogP contribution in [0.4, 0.5) is 0 Å². The van der Waals surface area contributed by atoms with E-state index in [2.05, 4.69) is 24.3 Å². The minimum absolute atomic E-state index is 0.544. The molecule has 2 N–H and O–H groups in total. The maximum atomic E-state index is 5.65. The molecule has 17 heavy (non-hydrogen) atoms. The Hall–Kier alpha value is -0.450. The summed E-state index contributed by atoms with van der Waals surface area (Å²) in [6, 6.07) is 0.